The molecule has 3 rings (SSSR count). The van der Waals surface area contributed by atoms with E-state index in [1.54, 1.807) is 18.2 Å². The number of nitrogens with zero attached hydrogens (tertiary/aromatic N) is 1. The summed E-state index contributed by atoms with van der Waals surface area (Å²) < 4.78 is 21.1. The van der Waals surface area contributed by atoms with E-state index in [4.69, 9.17) is 4.74 Å². The molecule has 0 bridgehead atoms. The number of allylic oxidation sites excluding steroid dienone is 1. The summed E-state index contributed by atoms with van der Waals surface area (Å²) in [7, 11) is 0. The van der Waals surface area contributed by atoms with E-state index in [2.05, 4.69) is 37.9 Å². The lowest BCUT2D eigenvalue weighted by atomic mass is 10.0. The minimum Gasteiger partial charge on any atom is -0.488 e. The van der Waals surface area contributed by atoms with Crippen molar-refractivity contribution < 1.29 is 9.13 Å². The van der Waals surface area contributed by atoms with Gasteiger partial charge < -0.3 is 4.74 Å². The van der Waals surface area contributed by atoms with Crippen LogP contribution in [-0.4, -0.2) is 0 Å². The zero-order chi connectivity index (χ0) is 19.2. The monoisotopic (exact) mass is 485 g/mol. The number of halogens is 3. The largest absolute Gasteiger partial charge is 0.488 e. The van der Waals surface area contributed by atoms with E-state index in [9.17, 15) is 9.65 Å². The van der Waals surface area contributed by atoms with Crippen molar-refractivity contribution in [2.45, 2.75) is 6.61 Å². The molecule has 0 N–H and O–H groups in total. The van der Waals surface area contributed by atoms with E-state index < -0.39 is 0 Å². The van der Waals surface area contributed by atoms with Gasteiger partial charge in [-0.15, -0.1) is 0 Å². The highest BCUT2D eigenvalue weighted by Gasteiger charge is 2.07. The van der Waals surface area contributed by atoms with Crippen molar-refractivity contribution in [3.05, 3.63) is 98.2 Å². The van der Waals surface area contributed by atoms with E-state index in [1.807, 2.05) is 42.5 Å². The highest BCUT2D eigenvalue weighted by Crippen LogP contribution is 2.29. The molecule has 134 valence electrons. The molecular weight excluding hydrogens is 473 g/mol. The summed E-state index contributed by atoms with van der Waals surface area (Å²) in [6.45, 7) is 0.237. The Kier molecular flexibility index (Phi) is 6.44. The second-order valence-corrected chi connectivity index (χ2v) is 7.61. The molecule has 0 saturated carbocycles. The Balaban J connectivity index is 1.91. The molecule has 27 heavy (non-hydrogen) atoms. The van der Waals surface area contributed by atoms with Crippen LogP contribution in [0.5, 0.6) is 5.75 Å². The topological polar surface area (TPSA) is 33.0 Å². The van der Waals surface area contributed by atoms with Crippen molar-refractivity contribution in [2.24, 2.45) is 0 Å². The third-order valence-corrected chi connectivity index (χ3v) is 4.85. The summed E-state index contributed by atoms with van der Waals surface area (Å²) in [5.74, 6) is 0.321. The van der Waals surface area contributed by atoms with Crippen LogP contribution in [0.2, 0.25) is 0 Å². The van der Waals surface area contributed by atoms with E-state index >= 15 is 0 Å². The second kappa shape index (κ2) is 8.98. The van der Waals surface area contributed by atoms with Crippen LogP contribution in [0, 0.1) is 17.1 Å². The molecule has 0 aliphatic heterocycles. The number of hydrogen-bond donors (Lipinski definition) is 0. The maximum Gasteiger partial charge on any atom is 0.127 e. The molecule has 0 heterocycles. The summed E-state index contributed by atoms with van der Waals surface area (Å²) in [5.41, 5.74) is 2.84. The first-order valence-corrected chi connectivity index (χ1v) is 9.68. The molecule has 0 aromatic heterocycles. The molecule has 0 fully saturated rings. The summed E-state index contributed by atoms with van der Waals surface area (Å²) in [5, 5.41) is 9.58. The number of ether oxygens (including phenoxy) is 1. The van der Waals surface area contributed by atoms with Crippen LogP contribution in [0.25, 0.3) is 11.6 Å². The zero-order valence-electron chi connectivity index (χ0n) is 14.1. The quantitative estimate of drug-likeness (QED) is 0.287. The highest BCUT2D eigenvalue weighted by molar-refractivity contribution is 9.10. The van der Waals surface area contributed by atoms with Crippen LogP contribution in [0.4, 0.5) is 4.39 Å². The van der Waals surface area contributed by atoms with Crippen molar-refractivity contribution >= 4 is 43.5 Å². The molecule has 0 saturated heterocycles. The third-order valence-electron chi connectivity index (χ3n) is 3.83. The predicted molar refractivity (Wildman–Crippen MR) is 113 cm³/mol. The lowest BCUT2D eigenvalue weighted by Crippen LogP contribution is -1.98. The summed E-state index contributed by atoms with van der Waals surface area (Å²) >= 11 is 6.85. The predicted octanol–water partition coefficient (Wildman–Crippen LogP) is 6.99. The van der Waals surface area contributed by atoms with Gasteiger partial charge in [-0.25, -0.2) is 4.39 Å². The second-order valence-electron chi connectivity index (χ2n) is 5.78. The molecule has 0 amide bonds. The Morgan fingerprint density at radius 3 is 2.44 bits per heavy atom. The highest BCUT2D eigenvalue weighted by atomic mass is 79.9. The van der Waals surface area contributed by atoms with Crippen LogP contribution in [0.3, 0.4) is 0 Å². The lowest BCUT2D eigenvalue weighted by molar-refractivity contribution is 0.305. The summed E-state index contributed by atoms with van der Waals surface area (Å²) in [6.07, 6.45) is 1.79. The maximum atomic E-state index is 13.3. The van der Waals surface area contributed by atoms with Crippen molar-refractivity contribution in [1.82, 2.24) is 0 Å². The van der Waals surface area contributed by atoms with Crippen LogP contribution in [0.1, 0.15) is 16.7 Å². The van der Waals surface area contributed by atoms with E-state index in [0.717, 1.165) is 25.6 Å². The molecular formula is C22H14Br2FNO. The fraction of sp³-hybridized carbons (Fsp3) is 0.0455. The fourth-order valence-electron chi connectivity index (χ4n) is 2.52. The van der Waals surface area contributed by atoms with Crippen LogP contribution in [0.15, 0.2) is 75.7 Å². The first-order valence-electron chi connectivity index (χ1n) is 8.10. The van der Waals surface area contributed by atoms with Crippen molar-refractivity contribution in [3.8, 4) is 11.8 Å². The summed E-state index contributed by atoms with van der Waals surface area (Å²) in [6, 6.07) is 21.7. The number of rotatable bonds is 5. The lowest BCUT2D eigenvalue weighted by Gasteiger charge is -2.11. The molecule has 0 aliphatic rings. The Hall–Kier alpha value is -2.42. The molecule has 0 radical (unpaired) electrons. The van der Waals surface area contributed by atoms with Gasteiger partial charge >= 0.3 is 0 Å². The van der Waals surface area contributed by atoms with Crippen molar-refractivity contribution in [1.29, 1.82) is 5.26 Å². The molecule has 0 aliphatic carbocycles. The van der Waals surface area contributed by atoms with Crippen LogP contribution >= 0.6 is 31.9 Å². The third kappa shape index (κ3) is 5.29. The minimum absolute atomic E-state index is 0.237. The Bertz CT molecular complexity index is 1020. The van der Waals surface area contributed by atoms with Gasteiger partial charge in [-0.2, -0.15) is 5.26 Å². The van der Waals surface area contributed by atoms with Gasteiger partial charge in [0.25, 0.3) is 0 Å². The smallest absolute Gasteiger partial charge is 0.127 e. The van der Waals surface area contributed by atoms with E-state index in [1.165, 1.54) is 12.1 Å². The fourth-order valence-corrected chi connectivity index (χ4v) is 3.16. The van der Waals surface area contributed by atoms with Gasteiger partial charge in [-0.3, -0.25) is 0 Å². The summed E-state index contributed by atoms with van der Waals surface area (Å²) in [4.78, 5) is 0. The molecule has 3 aromatic rings. The van der Waals surface area contributed by atoms with Gasteiger partial charge in [-0.05, 0) is 59.7 Å². The normalized spacial score (nSPS) is 11.1. The van der Waals surface area contributed by atoms with Crippen molar-refractivity contribution in [2.75, 3.05) is 0 Å². The van der Waals surface area contributed by atoms with Crippen LogP contribution < -0.4 is 4.74 Å². The Morgan fingerprint density at radius 1 is 1.00 bits per heavy atom. The molecule has 5 heteroatoms. The first kappa shape index (κ1) is 19.3. The Morgan fingerprint density at radius 2 is 1.74 bits per heavy atom. The maximum absolute atomic E-state index is 13.3. The van der Waals surface area contributed by atoms with Gasteiger partial charge in [0.05, 0.1) is 11.6 Å². The minimum atomic E-state index is -0.297. The van der Waals surface area contributed by atoms with Crippen LogP contribution in [-0.2, 0) is 6.61 Å². The molecule has 2 nitrogen and oxygen atoms in total. The number of hydrogen-bond acceptors (Lipinski definition) is 2. The SMILES string of the molecule is N#C/C(=C\c1cc(Br)ccc1OCc1cccc(F)c1)c1ccc(Br)cc1. The molecule has 3 aromatic carbocycles. The number of benzene rings is 3. The van der Waals surface area contributed by atoms with Gasteiger partial charge in [0.2, 0.25) is 0 Å². The zero-order valence-corrected chi connectivity index (χ0v) is 17.3. The average Bonchev–Trinajstić information content (AvgIpc) is 2.66. The van der Waals surface area contributed by atoms with Gasteiger partial charge in [-0.1, -0.05) is 56.1 Å². The molecule has 0 atom stereocenters. The Labute approximate surface area is 174 Å². The molecule has 0 spiro atoms. The van der Waals surface area contributed by atoms with Gasteiger partial charge in [0.15, 0.2) is 0 Å². The first-order chi connectivity index (χ1) is 13.0. The van der Waals surface area contributed by atoms with Gasteiger partial charge in [0.1, 0.15) is 18.2 Å². The standard InChI is InChI=1S/C22H14Br2FNO/c23-19-6-4-16(5-7-19)18(13-26)11-17-12-20(24)8-9-22(17)27-14-15-2-1-3-21(25)10-15/h1-12H,14H2/b18-11+. The van der Waals surface area contributed by atoms with E-state index in [-0.39, 0.29) is 12.4 Å². The van der Waals surface area contributed by atoms with E-state index in [0.29, 0.717) is 11.3 Å². The average molecular weight is 487 g/mol. The number of nitriles is 1. The molecule has 0 unspecified atom stereocenters. The van der Waals surface area contributed by atoms with Gasteiger partial charge in [0, 0.05) is 14.5 Å². The van der Waals surface area contributed by atoms with Crippen molar-refractivity contribution in [3.63, 3.8) is 0 Å².